The van der Waals surface area contributed by atoms with Gasteiger partial charge in [-0.1, -0.05) is 0 Å². The van der Waals surface area contributed by atoms with E-state index in [1.165, 1.54) is 19.5 Å². The lowest BCUT2D eigenvalue weighted by Crippen LogP contribution is -2.43. The van der Waals surface area contributed by atoms with Crippen LogP contribution in [0.2, 0.25) is 0 Å². The highest BCUT2D eigenvalue weighted by molar-refractivity contribution is 5.82. The third kappa shape index (κ3) is 3.41. The molecule has 0 spiro atoms. The molecule has 1 atom stereocenters. The molecule has 0 bridgehead atoms. The number of rotatable bonds is 2. The third-order valence-electron chi connectivity index (χ3n) is 1.00. The molecule has 0 aliphatic carbocycles. The molecule has 0 aliphatic rings. The fourth-order valence-electron chi connectivity index (χ4n) is 0.465. The van der Waals surface area contributed by atoms with Crippen LogP contribution in [0.3, 0.4) is 0 Å². The molecular weight excluding hydrogens is 152 g/mol. The molecule has 3 N–H and O–H groups in total. The van der Waals surface area contributed by atoms with E-state index >= 15 is 0 Å². The highest BCUT2D eigenvalue weighted by Crippen LogP contribution is 1.84. The largest absolute Gasteiger partial charge is 0.467 e. The smallest absolute Gasteiger partial charge is 0.339 e. The van der Waals surface area contributed by atoms with Crippen LogP contribution in [0.1, 0.15) is 6.92 Å². The minimum atomic E-state index is -0.845. The molecule has 11 heavy (non-hydrogen) atoms. The number of nitrogens with one attached hydrogen (secondary N) is 2. The van der Waals surface area contributed by atoms with Gasteiger partial charge in [-0.2, -0.15) is 0 Å². The predicted molar refractivity (Wildman–Crippen MR) is 34.9 cm³/mol. The lowest BCUT2D eigenvalue weighted by molar-refractivity contribution is -0.142. The molecule has 6 heteroatoms. The van der Waals surface area contributed by atoms with E-state index in [2.05, 4.69) is 10.1 Å². The first-order valence-corrected chi connectivity index (χ1v) is 2.90. The van der Waals surface area contributed by atoms with Crippen molar-refractivity contribution in [1.29, 1.82) is 0 Å². The molecule has 2 amide bonds. The van der Waals surface area contributed by atoms with Crippen LogP contribution in [-0.4, -0.2) is 30.4 Å². The second-order valence-electron chi connectivity index (χ2n) is 1.83. The molecule has 0 aromatic rings. The van der Waals surface area contributed by atoms with E-state index in [4.69, 9.17) is 5.21 Å². The normalized spacial score (nSPS) is 11.5. The molecular formula is C5H10N2O4. The summed E-state index contributed by atoms with van der Waals surface area (Å²) in [5.74, 6) is -0.575. The van der Waals surface area contributed by atoms with E-state index in [0.717, 1.165) is 0 Å². The Balaban J connectivity index is 3.77. The number of hydroxylamine groups is 1. The van der Waals surface area contributed by atoms with Crippen LogP contribution >= 0.6 is 0 Å². The Hall–Kier alpha value is -1.30. The van der Waals surface area contributed by atoms with Crippen LogP contribution in [-0.2, 0) is 9.53 Å². The van der Waals surface area contributed by atoms with Gasteiger partial charge in [0.2, 0.25) is 0 Å². The number of carbonyl (C=O) groups is 2. The fraction of sp³-hybridized carbons (Fsp3) is 0.600. The average molecular weight is 162 g/mol. The number of ether oxygens (including phenoxy) is 1. The molecule has 64 valence electrons. The number of amides is 2. The number of urea groups is 1. The Kier molecular flexibility index (Phi) is 3.97. The molecule has 0 aromatic carbocycles. The number of methoxy groups -OCH3 is 1. The minimum absolute atomic E-state index is 0.575. The summed E-state index contributed by atoms with van der Waals surface area (Å²) >= 11 is 0. The van der Waals surface area contributed by atoms with Gasteiger partial charge in [-0.25, -0.2) is 15.1 Å². The number of hydrogen-bond acceptors (Lipinski definition) is 4. The van der Waals surface area contributed by atoms with Gasteiger partial charge in [0.15, 0.2) is 0 Å². The predicted octanol–water partition coefficient (Wildman–Crippen LogP) is -0.764. The van der Waals surface area contributed by atoms with Gasteiger partial charge in [0.25, 0.3) is 0 Å². The van der Waals surface area contributed by atoms with Gasteiger partial charge < -0.3 is 10.1 Å². The monoisotopic (exact) mass is 162 g/mol. The van der Waals surface area contributed by atoms with Crippen molar-refractivity contribution in [2.45, 2.75) is 13.0 Å². The molecule has 0 saturated carbocycles. The molecule has 0 aromatic heterocycles. The number of esters is 1. The zero-order valence-corrected chi connectivity index (χ0v) is 6.25. The summed E-state index contributed by atoms with van der Waals surface area (Å²) < 4.78 is 4.29. The maximum atomic E-state index is 10.6. The van der Waals surface area contributed by atoms with Crippen molar-refractivity contribution in [3.8, 4) is 0 Å². The molecule has 0 saturated heterocycles. The van der Waals surface area contributed by atoms with Crippen LogP contribution < -0.4 is 10.8 Å². The van der Waals surface area contributed by atoms with Crippen molar-refractivity contribution >= 4 is 12.0 Å². The quantitative estimate of drug-likeness (QED) is 0.283. The first kappa shape index (κ1) is 9.70. The van der Waals surface area contributed by atoms with E-state index < -0.39 is 18.0 Å². The van der Waals surface area contributed by atoms with Crippen LogP contribution in [0.25, 0.3) is 0 Å². The van der Waals surface area contributed by atoms with Crippen molar-refractivity contribution in [2.75, 3.05) is 7.11 Å². The van der Waals surface area contributed by atoms with Crippen LogP contribution in [0.5, 0.6) is 0 Å². The molecule has 1 unspecified atom stereocenters. The SMILES string of the molecule is COC(=O)C(C)NC(=O)NO. The summed E-state index contributed by atoms with van der Waals surface area (Å²) in [6, 6.07) is -1.62. The van der Waals surface area contributed by atoms with Crippen LogP contribution in [0.15, 0.2) is 0 Å². The fourth-order valence-corrected chi connectivity index (χ4v) is 0.465. The second kappa shape index (κ2) is 4.51. The lowest BCUT2D eigenvalue weighted by Gasteiger charge is -2.09. The van der Waals surface area contributed by atoms with Crippen molar-refractivity contribution in [2.24, 2.45) is 0 Å². The highest BCUT2D eigenvalue weighted by Gasteiger charge is 2.14. The summed E-state index contributed by atoms with van der Waals surface area (Å²) in [5.41, 5.74) is 1.32. The first-order valence-electron chi connectivity index (χ1n) is 2.90. The van der Waals surface area contributed by atoms with Crippen LogP contribution in [0.4, 0.5) is 4.79 Å². The number of carbonyl (C=O) groups excluding carboxylic acids is 2. The van der Waals surface area contributed by atoms with E-state index in [9.17, 15) is 9.59 Å². The Morgan fingerprint density at radius 2 is 2.09 bits per heavy atom. The zero-order valence-electron chi connectivity index (χ0n) is 6.25. The number of hydrogen-bond donors (Lipinski definition) is 3. The Morgan fingerprint density at radius 3 is 2.45 bits per heavy atom. The molecule has 0 radical (unpaired) electrons. The summed E-state index contributed by atoms with van der Waals surface area (Å²) in [6.07, 6.45) is 0. The van der Waals surface area contributed by atoms with E-state index in [1.807, 2.05) is 0 Å². The topological polar surface area (TPSA) is 87.7 Å². The van der Waals surface area contributed by atoms with E-state index in [-0.39, 0.29) is 0 Å². The van der Waals surface area contributed by atoms with E-state index in [1.54, 1.807) is 0 Å². The molecule has 0 fully saturated rings. The van der Waals surface area contributed by atoms with Gasteiger partial charge in [-0.3, -0.25) is 5.21 Å². The molecule has 0 aliphatic heterocycles. The third-order valence-corrected chi connectivity index (χ3v) is 1.00. The highest BCUT2D eigenvalue weighted by atomic mass is 16.5. The zero-order chi connectivity index (χ0) is 8.85. The van der Waals surface area contributed by atoms with E-state index in [0.29, 0.717) is 0 Å². The van der Waals surface area contributed by atoms with Gasteiger partial charge in [-0.15, -0.1) is 0 Å². The Morgan fingerprint density at radius 1 is 1.55 bits per heavy atom. The Labute approximate surface area is 63.5 Å². The molecule has 0 heterocycles. The molecule has 6 nitrogen and oxygen atoms in total. The van der Waals surface area contributed by atoms with Crippen LogP contribution in [0, 0.1) is 0 Å². The van der Waals surface area contributed by atoms with Crippen molar-refractivity contribution < 1.29 is 19.5 Å². The van der Waals surface area contributed by atoms with Crippen molar-refractivity contribution in [3.05, 3.63) is 0 Å². The Bertz CT molecular complexity index is 159. The van der Waals surface area contributed by atoms with Gasteiger partial charge in [0.05, 0.1) is 7.11 Å². The van der Waals surface area contributed by atoms with Gasteiger partial charge >= 0.3 is 12.0 Å². The lowest BCUT2D eigenvalue weighted by atomic mass is 10.3. The summed E-state index contributed by atoms with van der Waals surface area (Å²) in [7, 11) is 1.21. The van der Waals surface area contributed by atoms with Gasteiger partial charge in [-0.05, 0) is 6.92 Å². The van der Waals surface area contributed by atoms with Gasteiger partial charge in [0.1, 0.15) is 6.04 Å². The first-order chi connectivity index (χ1) is 5.11. The van der Waals surface area contributed by atoms with Gasteiger partial charge in [0, 0.05) is 0 Å². The summed E-state index contributed by atoms with van der Waals surface area (Å²) in [6.45, 7) is 1.43. The maximum absolute atomic E-state index is 10.6. The standard InChI is InChI=1S/C5H10N2O4/c1-3(4(8)11-2)6-5(9)7-10/h3,10H,1-2H3,(H2,6,7,9). The average Bonchev–Trinajstić information content (AvgIpc) is 2.02. The molecule has 0 rings (SSSR count). The van der Waals surface area contributed by atoms with Crippen molar-refractivity contribution in [1.82, 2.24) is 10.8 Å². The summed E-state index contributed by atoms with van der Waals surface area (Å²) in [4.78, 5) is 21.0. The maximum Gasteiger partial charge on any atom is 0.339 e. The summed E-state index contributed by atoms with van der Waals surface area (Å²) in [5, 5.41) is 10.1. The second-order valence-corrected chi connectivity index (χ2v) is 1.83. The van der Waals surface area contributed by atoms with Crippen molar-refractivity contribution in [3.63, 3.8) is 0 Å². The minimum Gasteiger partial charge on any atom is -0.467 e.